The van der Waals surface area contributed by atoms with E-state index in [0.29, 0.717) is 6.54 Å². The van der Waals surface area contributed by atoms with Crippen molar-refractivity contribution in [3.8, 4) is 0 Å². The third kappa shape index (κ3) is 2.66. The highest BCUT2D eigenvalue weighted by atomic mass is 16.3. The number of aliphatic hydroxyl groups is 1. The molecule has 2 amide bonds. The fourth-order valence-corrected chi connectivity index (χ4v) is 3.01. The maximum Gasteiger partial charge on any atom is 0.227 e. The van der Waals surface area contributed by atoms with E-state index >= 15 is 0 Å². The zero-order chi connectivity index (χ0) is 13.1. The van der Waals surface area contributed by atoms with Gasteiger partial charge >= 0.3 is 0 Å². The third-order valence-corrected chi connectivity index (χ3v) is 4.09. The van der Waals surface area contributed by atoms with Crippen molar-refractivity contribution >= 4 is 11.8 Å². The predicted molar refractivity (Wildman–Crippen MR) is 66.8 cm³/mol. The van der Waals surface area contributed by atoms with Gasteiger partial charge in [0.05, 0.1) is 18.6 Å². The van der Waals surface area contributed by atoms with E-state index in [1.54, 1.807) is 11.8 Å². The molecule has 2 heterocycles. The van der Waals surface area contributed by atoms with Crippen LogP contribution in [-0.4, -0.2) is 59.0 Å². The molecule has 0 aromatic carbocycles. The smallest absolute Gasteiger partial charge is 0.227 e. The normalized spacial score (nSPS) is 28.6. The van der Waals surface area contributed by atoms with Gasteiger partial charge in [0.1, 0.15) is 0 Å². The first-order chi connectivity index (χ1) is 8.63. The van der Waals surface area contributed by atoms with Gasteiger partial charge in [0.15, 0.2) is 0 Å². The minimum absolute atomic E-state index is 0.00907. The van der Waals surface area contributed by atoms with Crippen LogP contribution < -0.4 is 0 Å². The van der Waals surface area contributed by atoms with Gasteiger partial charge in [0.25, 0.3) is 0 Å². The van der Waals surface area contributed by atoms with E-state index in [2.05, 4.69) is 0 Å². The van der Waals surface area contributed by atoms with Crippen molar-refractivity contribution in [3.63, 3.8) is 0 Å². The van der Waals surface area contributed by atoms with Crippen LogP contribution in [0.4, 0.5) is 0 Å². The fraction of sp³-hybridized carbons (Fsp3) is 0.846. The third-order valence-electron chi connectivity index (χ3n) is 4.09. The lowest BCUT2D eigenvalue weighted by Crippen LogP contribution is -2.48. The van der Waals surface area contributed by atoms with Crippen LogP contribution in [-0.2, 0) is 9.59 Å². The molecule has 0 aromatic rings. The van der Waals surface area contributed by atoms with Crippen molar-refractivity contribution in [1.82, 2.24) is 9.80 Å². The van der Waals surface area contributed by atoms with Crippen molar-refractivity contribution in [3.05, 3.63) is 0 Å². The summed E-state index contributed by atoms with van der Waals surface area (Å²) in [5.41, 5.74) is 0. The molecule has 0 saturated carbocycles. The molecule has 2 rings (SSSR count). The monoisotopic (exact) mass is 254 g/mol. The Hall–Kier alpha value is -1.10. The highest BCUT2D eigenvalue weighted by Gasteiger charge is 2.35. The molecule has 2 fully saturated rings. The van der Waals surface area contributed by atoms with Crippen molar-refractivity contribution in [2.45, 2.75) is 38.6 Å². The molecule has 18 heavy (non-hydrogen) atoms. The van der Waals surface area contributed by atoms with Crippen LogP contribution in [0.5, 0.6) is 0 Å². The van der Waals surface area contributed by atoms with Crippen LogP contribution in [0.2, 0.25) is 0 Å². The Kier molecular flexibility index (Phi) is 4.22. The van der Waals surface area contributed by atoms with Crippen molar-refractivity contribution in [1.29, 1.82) is 0 Å². The first-order valence-electron chi connectivity index (χ1n) is 6.80. The number of likely N-dealkylation sites (tertiary alicyclic amines) is 2. The van der Waals surface area contributed by atoms with E-state index in [-0.39, 0.29) is 30.4 Å². The summed E-state index contributed by atoms with van der Waals surface area (Å²) >= 11 is 0. The van der Waals surface area contributed by atoms with Gasteiger partial charge < -0.3 is 14.9 Å². The molecule has 2 saturated heterocycles. The largest absolute Gasteiger partial charge is 0.394 e. The van der Waals surface area contributed by atoms with E-state index in [4.69, 9.17) is 0 Å². The van der Waals surface area contributed by atoms with Crippen molar-refractivity contribution < 1.29 is 14.7 Å². The van der Waals surface area contributed by atoms with Crippen LogP contribution in [0.1, 0.15) is 32.6 Å². The fourth-order valence-electron chi connectivity index (χ4n) is 3.01. The summed E-state index contributed by atoms with van der Waals surface area (Å²) in [6.45, 7) is 3.67. The number of rotatable bonds is 2. The van der Waals surface area contributed by atoms with Crippen LogP contribution in [0.3, 0.4) is 0 Å². The lowest BCUT2D eigenvalue weighted by Gasteiger charge is -2.34. The summed E-state index contributed by atoms with van der Waals surface area (Å²) in [7, 11) is 0. The maximum absolute atomic E-state index is 12.4. The number of hydrogen-bond acceptors (Lipinski definition) is 3. The second-order valence-corrected chi connectivity index (χ2v) is 5.31. The zero-order valence-corrected chi connectivity index (χ0v) is 11.0. The van der Waals surface area contributed by atoms with Crippen molar-refractivity contribution in [2.75, 3.05) is 26.2 Å². The second-order valence-electron chi connectivity index (χ2n) is 5.31. The molecule has 5 nitrogen and oxygen atoms in total. The van der Waals surface area contributed by atoms with Gasteiger partial charge in [-0.2, -0.15) is 0 Å². The van der Waals surface area contributed by atoms with Gasteiger partial charge in [0, 0.05) is 26.6 Å². The number of carbonyl (C=O) groups excluding carboxylic acids is 2. The molecular formula is C13H22N2O3. The van der Waals surface area contributed by atoms with Crippen LogP contribution in [0.15, 0.2) is 0 Å². The number of aliphatic hydroxyl groups excluding tert-OH is 1. The second kappa shape index (κ2) is 5.69. The lowest BCUT2D eigenvalue weighted by atomic mass is 9.96. The standard InChI is InChI=1S/C13H22N2O3/c1-10(17)14-6-2-4-11(8-14)13(18)15-7-3-5-12(15)9-16/h11-12,16H,2-9H2,1H3/t11?,12-/m1/s1. The summed E-state index contributed by atoms with van der Waals surface area (Å²) < 4.78 is 0. The quantitative estimate of drug-likeness (QED) is 0.767. The number of carbonyl (C=O) groups is 2. The van der Waals surface area contributed by atoms with E-state index < -0.39 is 0 Å². The summed E-state index contributed by atoms with van der Waals surface area (Å²) in [5, 5.41) is 9.27. The summed E-state index contributed by atoms with van der Waals surface area (Å²) in [4.78, 5) is 27.4. The Labute approximate surface area is 108 Å². The van der Waals surface area contributed by atoms with Crippen LogP contribution in [0, 0.1) is 5.92 Å². The minimum atomic E-state index is -0.0743. The summed E-state index contributed by atoms with van der Waals surface area (Å²) in [5.74, 6) is 0.0972. The first kappa shape index (κ1) is 13.3. The number of amides is 2. The molecule has 1 N–H and O–H groups in total. The van der Waals surface area contributed by atoms with E-state index in [1.165, 1.54) is 0 Å². The SMILES string of the molecule is CC(=O)N1CCCC(C(=O)N2CCC[C@@H]2CO)C1. The lowest BCUT2D eigenvalue weighted by molar-refractivity contribution is -0.141. The minimum Gasteiger partial charge on any atom is -0.394 e. The molecule has 2 aliphatic heterocycles. The number of nitrogens with zero attached hydrogens (tertiary/aromatic N) is 2. The van der Waals surface area contributed by atoms with E-state index in [0.717, 1.165) is 38.8 Å². The molecule has 0 radical (unpaired) electrons. The van der Waals surface area contributed by atoms with E-state index in [1.807, 2.05) is 4.90 Å². The zero-order valence-electron chi connectivity index (χ0n) is 11.0. The van der Waals surface area contributed by atoms with Crippen molar-refractivity contribution in [2.24, 2.45) is 5.92 Å². The predicted octanol–water partition coefficient (Wildman–Crippen LogP) is 0.228. The molecule has 2 aliphatic rings. The Balaban J connectivity index is 1.98. The Morgan fingerprint density at radius 3 is 2.61 bits per heavy atom. The van der Waals surface area contributed by atoms with E-state index in [9.17, 15) is 14.7 Å². The average Bonchev–Trinajstić information content (AvgIpc) is 2.86. The molecule has 0 aromatic heterocycles. The molecule has 1 unspecified atom stereocenters. The Morgan fingerprint density at radius 1 is 1.22 bits per heavy atom. The Morgan fingerprint density at radius 2 is 1.94 bits per heavy atom. The molecule has 2 atom stereocenters. The first-order valence-corrected chi connectivity index (χ1v) is 6.80. The summed E-state index contributed by atoms with van der Waals surface area (Å²) in [6, 6.07) is -0.00907. The molecule has 0 aliphatic carbocycles. The summed E-state index contributed by atoms with van der Waals surface area (Å²) in [6.07, 6.45) is 3.62. The van der Waals surface area contributed by atoms with Gasteiger partial charge in [-0.15, -0.1) is 0 Å². The number of piperidine rings is 1. The van der Waals surface area contributed by atoms with Crippen LogP contribution >= 0.6 is 0 Å². The van der Waals surface area contributed by atoms with Gasteiger partial charge in [-0.1, -0.05) is 0 Å². The molecule has 0 bridgehead atoms. The molecule has 5 heteroatoms. The number of hydrogen-bond donors (Lipinski definition) is 1. The van der Waals surface area contributed by atoms with Gasteiger partial charge in [-0.05, 0) is 25.7 Å². The average molecular weight is 254 g/mol. The highest BCUT2D eigenvalue weighted by Crippen LogP contribution is 2.24. The topological polar surface area (TPSA) is 60.9 Å². The van der Waals surface area contributed by atoms with Crippen LogP contribution in [0.25, 0.3) is 0 Å². The molecular weight excluding hydrogens is 232 g/mol. The molecule has 102 valence electrons. The van der Waals surface area contributed by atoms with Gasteiger partial charge in [-0.3, -0.25) is 9.59 Å². The molecule has 0 spiro atoms. The maximum atomic E-state index is 12.4. The highest BCUT2D eigenvalue weighted by molar-refractivity contribution is 5.81. The van der Waals surface area contributed by atoms with Gasteiger partial charge in [0.2, 0.25) is 11.8 Å². The van der Waals surface area contributed by atoms with Gasteiger partial charge in [-0.25, -0.2) is 0 Å². The Bertz CT molecular complexity index is 332.